The molecule has 2 aromatic rings. The number of benzene rings is 2. The fraction of sp³-hybridized carbons (Fsp3) is 0.462. The lowest BCUT2D eigenvalue weighted by atomic mass is 9.95. The smallest absolute Gasteiger partial charge is 0.261 e. The molecular weight excluding hydrogens is 388 g/mol. The molecule has 0 heterocycles. The fourth-order valence-electron chi connectivity index (χ4n) is 3.96. The minimum atomic E-state index is -0.571. The maximum absolute atomic E-state index is 13.1. The number of ether oxygens (including phenoxy) is 1. The Bertz CT molecular complexity index is 875. The Hall–Kier alpha value is -2.82. The van der Waals surface area contributed by atoms with Gasteiger partial charge in [0, 0.05) is 12.6 Å². The van der Waals surface area contributed by atoms with Gasteiger partial charge in [0.2, 0.25) is 5.91 Å². The number of amides is 2. The van der Waals surface area contributed by atoms with Gasteiger partial charge in [-0.05, 0) is 62.4 Å². The second-order valence-electron chi connectivity index (χ2n) is 8.56. The summed E-state index contributed by atoms with van der Waals surface area (Å²) in [6.07, 6.45) is 5.56. The minimum Gasteiger partial charge on any atom is -0.484 e. The van der Waals surface area contributed by atoms with E-state index in [0.717, 1.165) is 36.8 Å². The van der Waals surface area contributed by atoms with Crippen LogP contribution < -0.4 is 10.1 Å². The molecule has 2 amide bonds. The molecule has 5 heteroatoms. The second-order valence-corrected chi connectivity index (χ2v) is 8.56. The minimum absolute atomic E-state index is 0.0950. The summed E-state index contributed by atoms with van der Waals surface area (Å²) in [7, 11) is 0. The van der Waals surface area contributed by atoms with E-state index < -0.39 is 6.04 Å². The van der Waals surface area contributed by atoms with E-state index in [9.17, 15) is 9.59 Å². The van der Waals surface area contributed by atoms with Gasteiger partial charge in [0.1, 0.15) is 11.8 Å². The van der Waals surface area contributed by atoms with Crippen molar-refractivity contribution in [3.63, 3.8) is 0 Å². The molecule has 3 rings (SSSR count). The van der Waals surface area contributed by atoms with Gasteiger partial charge in [0.25, 0.3) is 5.91 Å². The van der Waals surface area contributed by atoms with Crippen molar-refractivity contribution in [2.75, 3.05) is 6.61 Å². The molecule has 1 fully saturated rings. The molecule has 0 aromatic heterocycles. The molecule has 0 aliphatic heterocycles. The van der Waals surface area contributed by atoms with E-state index in [2.05, 4.69) is 5.32 Å². The van der Waals surface area contributed by atoms with Crippen LogP contribution in [0.4, 0.5) is 0 Å². The fourth-order valence-corrected chi connectivity index (χ4v) is 3.96. The van der Waals surface area contributed by atoms with E-state index >= 15 is 0 Å². The summed E-state index contributed by atoms with van der Waals surface area (Å²) in [4.78, 5) is 27.7. The Labute approximate surface area is 185 Å². The van der Waals surface area contributed by atoms with Crippen LogP contribution in [0, 0.1) is 13.8 Å². The van der Waals surface area contributed by atoms with Crippen LogP contribution in [0.1, 0.15) is 55.7 Å². The summed E-state index contributed by atoms with van der Waals surface area (Å²) in [6, 6.07) is 15.2. The lowest BCUT2D eigenvalue weighted by Crippen LogP contribution is -2.51. The molecule has 1 unspecified atom stereocenters. The third-order valence-electron chi connectivity index (χ3n) is 6.16. The average molecular weight is 423 g/mol. The molecule has 1 saturated carbocycles. The Morgan fingerprint density at radius 1 is 1.03 bits per heavy atom. The molecule has 0 bridgehead atoms. The van der Waals surface area contributed by atoms with Crippen LogP contribution in [0.25, 0.3) is 0 Å². The van der Waals surface area contributed by atoms with E-state index in [4.69, 9.17) is 4.74 Å². The third-order valence-corrected chi connectivity index (χ3v) is 6.16. The van der Waals surface area contributed by atoms with Crippen molar-refractivity contribution >= 4 is 11.8 Å². The van der Waals surface area contributed by atoms with Crippen molar-refractivity contribution in [3.05, 3.63) is 65.2 Å². The first-order chi connectivity index (χ1) is 14.9. The van der Waals surface area contributed by atoms with Crippen LogP contribution in [0.15, 0.2) is 48.5 Å². The molecule has 1 aliphatic carbocycles. The molecule has 1 N–H and O–H groups in total. The van der Waals surface area contributed by atoms with E-state index in [1.807, 2.05) is 62.4 Å². The molecule has 0 radical (unpaired) electrons. The SMILES string of the molecule is Cc1ccc(OCC(=O)N(Cc2ccccc2)C(C)C(=O)NC2CCCCC2)cc1C. The maximum Gasteiger partial charge on any atom is 0.261 e. The number of hydrogen-bond acceptors (Lipinski definition) is 3. The molecule has 1 atom stereocenters. The van der Waals surface area contributed by atoms with Crippen LogP contribution in [0.5, 0.6) is 5.75 Å². The van der Waals surface area contributed by atoms with Gasteiger partial charge in [-0.25, -0.2) is 0 Å². The number of nitrogens with zero attached hydrogens (tertiary/aromatic N) is 1. The first-order valence-electron chi connectivity index (χ1n) is 11.3. The van der Waals surface area contributed by atoms with Gasteiger partial charge in [-0.3, -0.25) is 9.59 Å². The average Bonchev–Trinajstić information content (AvgIpc) is 2.79. The number of carbonyl (C=O) groups excluding carboxylic acids is 2. The molecule has 1 aliphatic rings. The summed E-state index contributed by atoms with van der Waals surface area (Å²) in [5, 5.41) is 3.15. The summed E-state index contributed by atoms with van der Waals surface area (Å²) >= 11 is 0. The van der Waals surface area contributed by atoms with Crippen LogP contribution >= 0.6 is 0 Å². The van der Waals surface area contributed by atoms with E-state index in [1.165, 1.54) is 12.0 Å². The first kappa shape index (κ1) is 22.9. The highest BCUT2D eigenvalue weighted by Crippen LogP contribution is 2.19. The van der Waals surface area contributed by atoms with Crippen molar-refractivity contribution in [3.8, 4) is 5.75 Å². The lowest BCUT2D eigenvalue weighted by molar-refractivity contribution is -0.142. The summed E-state index contributed by atoms with van der Waals surface area (Å²) in [5.41, 5.74) is 3.28. The quantitative estimate of drug-likeness (QED) is 0.679. The predicted octanol–water partition coefficient (Wildman–Crippen LogP) is 4.55. The van der Waals surface area contributed by atoms with E-state index in [1.54, 1.807) is 11.8 Å². The van der Waals surface area contributed by atoms with Crippen LogP contribution in [0.2, 0.25) is 0 Å². The Morgan fingerprint density at radius 2 is 1.74 bits per heavy atom. The molecule has 31 heavy (non-hydrogen) atoms. The van der Waals surface area contributed by atoms with Gasteiger partial charge in [-0.15, -0.1) is 0 Å². The first-order valence-corrected chi connectivity index (χ1v) is 11.3. The third kappa shape index (κ3) is 6.58. The zero-order valence-electron chi connectivity index (χ0n) is 18.9. The van der Waals surface area contributed by atoms with Crippen LogP contribution in [0.3, 0.4) is 0 Å². The highest BCUT2D eigenvalue weighted by molar-refractivity contribution is 5.88. The molecule has 166 valence electrons. The van der Waals surface area contributed by atoms with E-state index in [-0.39, 0.29) is 24.5 Å². The normalized spacial score (nSPS) is 15.2. The zero-order chi connectivity index (χ0) is 22.2. The van der Waals surface area contributed by atoms with E-state index in [0.29, 0.717) is 12.3 Å². The summed E-state index contributed by atoms with van der Waals surface area (Å²) < 4.78 is 5.78. The van der Waals surface area contributed by atoms with Crippen LogP contribution in [-0.2, 0) is 16.1 Å². The largest absolute Gasteiger partial charge is 0.484 e. The zero-order valence-corrected chi connectivity index (χ0v) is 18.9. The van der Waals surface area contributed by atoms with Gasteiger partial charge in [-0.1, -0.05) is 55.7 Å². The second kappa shape index (κ2) is 11.0. The van der Waals surface area contributed by atoms with Gasteiger partial charge in [0.05, 0.1) is 0 Å². The number of carbonyl (C=O) groups is 2. The maximum atomic E-state index is 13.1. The van der Waals surface area contributed by atoms with Gasteiger partial charge in [-0.2, -0.15) is 0 Å². The monoisotopic (exact) mass is 422 g/mol. The Balaban J connectivity index is 1.68. The van der Waals surface area contributed by atoms with Crippen LogP contribution in [-0.4, -0.2) is 35.4 Å². The van der Waals surface area contributed by atoms with Crippen molar-refractivity contribution in [2.24, 2.45) is 0 Å². The van der Waals surface area contributed by atoms with Gasteiger partial charge in [0.15, 0.2) is 6.61 Å². The molecule has 0 saturated heterocycles. The van der Waals surface area contributed by atoms with Gasteiger partial charge < -0.3 is 15.0 Å². The molecule has 5 nitrogen and oxygen atoms in total. The highest BCUT2D eigenvalue weighted by atomic mass is 16.5. The lowest BCUT2D eigenvalue weighted by Gasteiger charge is -2.31. The molecular formula is C26H34N2O3. The highest BCUT2D eigenvalue weighted by Gasteiger charge is 2.28. The summed E-state index contributed by atoms with van der Waals surface area (Å²) in [5.74, 6) is 0.367. The van der Waals surface area contributed by atoms with Crippen molar-refractivity contribution in [1.29, 1.82) is 0 Å². The van der Waals surface area contributed by atoms with Crippen molar-refractivity contribution < 1.29 is 14.3 Å². The standard InChI is InChI=1S/C26H34N2O3/c1-19-14-15-24(16-20(19)2)31-18-25(29)28(17-22-10-6-4-7-11-22)21(3)26(30)27-23-12-8-5-9-13-23/h4,6-7,10-11,14-16,21,23H,5,8-9,12-13,17-18H2,1-3H3,(H,27,30). The summed E-state index contributed by atoms with van der Waals surface area (Å²) in [6.45, 7) is 6.13. The topological polar surface area (TPSA) is 58.6 Å². The van der Waals surface area contributed by atoms with Crippen molar-refractivity contribution in [1.82, 2.24) is 10.2 Å². The predicted molar refractivity (Wildman–Crippen MR) is 123 cm³/mol. The van der Waals surface area contributed by atoms with Crippen molar-refractivity contribution in [2.45, 2.75) is 71.5 Å². The molecule has 2 aromatic carbocycles. The Kier molecular flexibility index (Phi) is 8.10. The number of rotatable bonds is 8. The number of aryl methyl sites for hydroxylation is 2. The number of hydrogen-bond donors (Lipinski definition) is 1. The molecule has 0 spiro atoms. The number of nitrogens with one attached hydrogen (secondary N) is 1. The Morgan fingerprint density at radius 3 is 2.42 bits per heavy atom. The van der Waals surface area contributed by atoms with Gasteiger partial charge >= 0.3 is 0 Å².